The van der Waals surface area contributed by atoms with E-state index in [4.69, 9.17) is 14.8 Å². The van der Waals surface area contributed by atoms with Gasteiger partial charge in [0.2, 0.25) is 0 Å². The molecule has 1 aromatic carbocycles. The molecule has 0 aliphatic carbocycles. The molecule has 2 rings (SSSR count). The van der Waals surface area contributed by atoms with Crippen LogP contribution in [0.5, 0.6) is 0 Å². The summed E-state index contributed by atoms with van der Waals surface area (Å²) in [6, 6.07) is 6.30. The summed E-state index contributed by atoms with van der Waals surface area (Å²) in [4.78, 5) is 18.9. The van der Waals surface area contributed by atoms with E-state index in [9.17, 15) is 4.79 Å². The molecule has 0 radical (unpaired) electrons. The van der Waals surface area contributed by atoms with E-state index in [1.54, 1.807) is 11.9 Å². The summed E-state index contributed by atoms with van der Waals surface area (Å²) in [5, 5.41) is 4.79. The predicted molar refractivity (Wildman–Crippen MR) is 117 cm³/mol. The van der Waals surface area contributed by atoms with E-state index >= 15 is 0 Å². The van der Waals surface area contributed by atoms with Gasteiger partial charge < -0.3 is 9.64 Å². The van der Waals surface area contributed by atoms with Gasteiger partial charge in [-0.25, -0.2) is 14.5 Å². The van der Waals surface area contributed by atoms with Crippen LogP contribution in [0.3, 0.4) is 0 Å². The van der Waals surface area contributed by atoms with E-state index in [1.165, 1.54) is 11.1 Å². The number of aryl methyl sites for hydroxylation is 2. The number of amides is 1. The molecule has 0 fully saturated rings. The molecule has 0 unspecified atom stereocenters. The van der Waals surface area contributed by atoms with Gasteiger partial charge in [0.15, 0.2) is 5.82 Å². The second-order valence-corrected chi connectivity index (χ2v) is 9.44. The third kappa shape index (κ3) is 6.58. The van der Waals surface area contributed by atoms with Crippen LogP contribution in [0.25, 0.3) is 5.69 Å². The van der Waals surface area contributed by atoms with Gasteiger partial charge in [-0.1, -0.05) is 19.9 Å². The van der Waals surface area contributed by atoms with Crippen LogP contribution in [0, 0.1) is 19.8 Å². The molecule has 1 aromatic heterocycles. The number of nitrogens with zero attached hydrogens (tertiary/aromatic N) is 4. The molecule has 0 spiro atoms. The van der Waals surface area contributed by atoms with Crippen molar-refractivity contribution in [1.82, 2.24) is 19.7 Å². The highest BCUT2D eigenvalue weighted by atomic mass is 16.6. The molecule has 1 amide bonds. The molecule has 0 N–H and O–H groups in total. The number of rotatable bonds is 6. The van der Waals surface area contributed by atoms with Gasteiger partial charge in [0.1, 0.15) is 11.4 Å². The summed E-state index contributed by atoms with van der Waals surface area (Å²) in [7, 11) is 1.77. The molecular weight excluding hydrogens is 364 g/mol. The molecular formula is C23H36N4O2. The maximum Gasteiger partial charge on any atom is 0.410 e. The van der Waals surface area contributed by atoms with Crippen LogP contribution in [-0.2, 0) is 17.6 Å². The first kappa shape index (κ1) is 22.9. The minimum atomic E-state index is -0.519. The summed E-state index contributed by atoms with van der Waals surface area (Å²) in [6.45, 7) is 16.1. The maximum absolute atomic E-state index is 12.4. The number of carbonyl (C=O) groups is 1. The van der Waals surface area contributed by atoms with E-state index in [2.05, 4.69) is 45.9 Å². The molecule has 0 saturated carbocycles. The van der Waals surface area contributed by atoms with E-state index < -0.39 is 5.60 Å². The van der Waals surface area contributed by atoms with Gasteiger partial charge in [0.05, 0.1) is 5.69 Å². The fourth-order valence-electron chi connectivity index (χ4n) is 3.17. The number of benzene rings is 1. The Kier molecular flexibility index (Phi) is 7.09. The van der Waals surface area contributed by atoms with Crippen LogP contribution in [0.1, 0.15) is 64.3 Å². The Labute approximate surface area is 175 Å². The van der Waals surface area contributed by atoms with Crippen molar-refractivity contribution in [3.63, 3.8) is 0 Å². The molecule has 0 bridgehead atoms. The fraction of sp³-hybridized carbons (Fsp3) is 0.609. The lowest BCUT2D eigenvalue weighted by molar-refractivity contribution is 0.0234. The molecule has 1 heterocycles. The molecule has 160 valence electrons. The third-order valence-corrected chi connectivity index (χ3v) is 4.58. The third-order valence-electron chi connectivity index (χ3n) is 4.58. The summed E-state index contributed by atoms with van der Waals surface area (Å²) in [5.74, 6) is 2.16. The zero-order valence-corrected chi connectivity index (χ0v) is 19.4. The van der Waals surface area contributed by atoms with Crippen molar-refractivity contribution in [3.05, 3.63) is 41.0 Å². The first-order chi connectivity index (χ1) is 13.4. The predicted octanol–water partition coefficient (Wildman–Crippen LogP) is 4.88. The van der Waals surface area contributed by atoms with Crippen molar-refractivity contribution in [2.45, 2.75) is 79.9 Å². The molecule has 2 aromatic rings. The van der Waals surface area contributed by atoms with E-state index in [0.29, 0.717) is 12.3 Å². The number of hydrogen-bond acceptors (Lipinski definition) is 4. The largest absolute Gasteiger partial charge is 0.444 e. The molecule has 1 atom stereocenters. The summed E-state index contributed by atoms with van der Waals surface area (Å²) in [5.41, 5.74) is 2.86. The summed E-state index contributed by atoms with van der Waals surface area (Å²) < 4.78 is 7.43. The van der Waals surface area contributed by atoms with Crippen molar-refractivity contribution in [1.29, 1.82) is 0 Å². The van der Waals surface area contributed by atoms with Gasteiger partial charge in [-0.3, -0.25) is 0 Å². The molecule has 0 aliphatic heterocycles. The lowest BCUT2D eigenvalue weighted by atomic mass is 10.1. The standard InChI is InChI=1S/C23H36N4O2/c1-15(2)10-20-24-21(14-18(5)26(9)22(28)29-23(6,7)8)27(25-20)19-12-16(3)11-17(4)13-19/h11-13,15,18H,10,14H2,1-9H3/t18-/m0/s1. The Balaban J connectivity index is 2.32. The SMILES string of the molecule is Cc1cc(C)cc(-n2nc(CC(C)C)nc2C[C@H](C)N(C)C(=O)OC(C)(C)C)c1. The topological polar surface area (TPSA) is 60.2 Å². The normalized spacial score (nSPS) is 12.9. The average molecular weight is 401 g/mol. The smallest absolute Gasteiger partial charge is 0.410 e. The lowest BCUT2D eigenvalue weighted by Crippen LogP contribution is -2.40. The zero-order chi connectivity index (χ0) is 21.9. The highest BCUT2D eigenvalue weighted by Crippen LogP contribution is 2.19. The van der Waals surface area contributed by atoms with Gasteiger partial charge in [0.25, 0.3) is 0 Å². The number of hydrogen-bond donors (Lipinski definition) is 0. The van der Waals surface area contributed by atoms with E-state index in [-0.39, 0.29) is 12.1 Å². The minimum Gasteiger partial charge on any atom is -0.444 e. The molecule has 29 heavy (non-hydrogen) atoms. The number of likely N-dealkylation sites (N-methyl/N-ethyl adjacent to an activating group) is 1. The van der Waals surface area contributed by atoms with Crippen molar-refractivity contribution in [2.75, 3.05) is 7.05 Å². The van der Waals surface area contributed by atoms with E-state index in [0.717, 1.165) is 23.8 Å². The second-order valence-electron chi connectivity index (χ2n) is 9.44. The first-order valence-corrected chi connectivity index (χ1v) is 10.3. The maximum atomic E-state index is 12.4. The summed E-state index contributed by atoms with van der Waals surface area (Å²) in [6.07, 6.45) is 1.08. The van der Waals surface area contributed by atoms with Gasteiger partial charge in [-0.2, -0.15) is 5.10 Å². The van der Waals surface area contributed by atoms with Crippen molar-refractivity contribution >= 4 is 6.09 Å². The molecule has 0 aliphatic rings. The van der Waals surface area contributed by atoms with Crippen molar-refractivity contribution in [2.24, 2.45) is 5.92 Å². The molecule has 6 nitrogen and oxygen atoms in total. The Morgan fingerprint density at radius 3 is 2.21 bits per heavy atom. The number of ether oxygens (including phenoxy) is 1. The zero-order valence-electron chi connectivity index (χ0n) is 19.4. The Morgan fingerprint density at radius 2 is 1.69 bits per heavy atom. The highest BCUT2D eigenvalue weighted by molar-refractivity contribution is 5.68. The Morgan fingerprint density at radius 1 is 1.10 bits per heavy atom. The van der Waals surface area contributed by atoms with Crippen molar-refractivity contribution in [3.8, 4) is 5.69 Å². The van der Waals surface area contributed by atoms with Crippen LogP contribution in [0.4, 0.5) is 4.79 Å². The van der Waals surface area contributed by atoms with Gasteiger partial charge >= 0.3 is 6.09 Å². The first-order valence-electron chi connectivity index (χ1n) is 10.3. The quantitative estimate of drug-likeness (QED) is 0.693. The van der Waals surface area contributed by atoms with Gasteiger partial charge in [-0.15, -0.1) is 0 Å². The van der Waals surface area contributed by atoms with Crippen LogP contribution >= 0.6 is 0 Å². The van der Waals surface area contributed by atoms with E-state index in [1.807, 2.05) is 32.4 Å². The molecule has 0 saturated heterocycles. The minimum absolute atomic E-state index is 0.0781. The van der Waals surface area contributed by atoms with Crippen LogP contribution in [0.15, 0.2) is 18.2 Å². The second kappa shape index (κ2) is 8.97. The summed E-state index contributed by atoms with van der Waals surface area (Å²) >= 11 is 0. The fourth-order valence-corrected chi connectivity index (χ4v) is 3.17. The van der Waals surface area contributed by atoms with Crippen molar-refractivity contribution < 1.29 is 9.53 Å². The Hall–Kier alpha value is -2.37. The monoisotopic (exact) mass is 400 g/mol. The highest BCUT2D eigenvalue weighted by Gasteiger charge is 2.25. The average Bonchev–Trinajstić information content (AvgIpc) is 2.93. The number of aromatic nitrogens is 3. The molecule has 6 heteroatoms. The van der Waals surface area contributed by atoms with Crippen LogP contribution in [-0.4, -0.2) is 44.4 Å². The Bertz CT molecular complexity index is 829. The van der Waals surface area contributed by atoms with Crippen LogP contribution < -0.4 is 0 Å². The van der Waals surface area contributed by atoms with Gasteiger partial charge in [-0.05, 0) is 70.7 Å². The number of carbonyl (C=O) groups excluding carboxylic acids is 1. The lowest BCUT2D eigenvalue weighted by Gasteiger charge is -2.28. The van der Waals surface area contributed by atoms with Crippen LogP contribution in [0.2, 0.25) is 0 Å². The van der Waals surface area contributed by atoms with Gasteiger partial charge in [0, 0.05) is 25.9 Å².